The summed E-state index contributed by atoms with van der Waals surface area (Å²) in [5.41, 5.74) is -0.265. The molecule has 0 spiro atoms. The maximum Gasteiger partial charge on any atom is 0.198 e. The van der Waals surface area contributed by atoms with Crippen LogP contribution in [0.4, 0.5) is 26.3 Å². The molecule has 0 N–H and O–H groups in total. The van der Waals surface area contributed by atoms with Crippen molar-refractivity contribution in [2.24, 2.45) is 0 Å². The molecule has 20 heavy (non-hydrogen) atoms. The highest BCUT2D eigenvalue weighted by Crippen LogP contribution is 2.32. The Balaban J connectivity index is 2.86. The molecule has 0 heterocycles. The van der Waals surface area contributed by atoms with Gasteiger partial charge in [-0.25, -0.2) is 26.3 Å². The second-order valence-electron chi connectivity index (χ2n) is 4.16. The van der Waals surface area contributed by atoms with Crippen LogP contribution in [-0.4, -0.2) is 0 Å². The lowest BCUT2D eigenvalue weighted by molar-refractivity contribution is 0.414. The molecule has 2 rings (SSSR count). The zero-order valence-electron chi connectivity index (χ0n) is 10.0. The van der Waals surface area contributed by atoms with Crippen molar-refractivity contribution in [2.75, 3.05) is 0 Å². The normalized spacial score (nSPS) is 11.3. The van der Waals surface area contributed by atoms with Crippen LogP contribution in [0.1, 0.15) is 12.0 Å². The monoisotopic (exact) mass is 290 g/mol. The number of aryl methyl sites for hydroxylation is 1. The average molecular weight is 290 g/mol. The molecule has 0 aliphatic heterocycles. The lowest BCUT2D eigenvalue weighted by atomic mass is 10.0. The van der Waals surface area contributed by atoms with Crippen LogP contribution < -0.4 is 0 Å². The van der Waals surface area contributed by atoms with Gasteiger partial charge in [0.2, 0.25) is 0 Å². The molecule has 0 unspecified atom stereocenters. The molecule has 0 bridgehead atoms. The molecular weight excluding hydrogens is 282 g/mol. The number of fused-ring (bicyclic) bond motifs is 1. The molecule has 0 aliphatic rings. The van der Waals surface area contributed by atoms with E-state index in [9.17, 15) is 26.3 Å². The van der Waals surface area contributed by atoms with E-state index in [1.54, 1.807) is 0 Å². The third-order valence-corrected chi connectivity index (χ3v) is 2.93. The van der Waals surface area contributed by atoms with Crippen molar-refractivity contribution in [3.8, 4) is 0 Å². The maximum atomic E-state index is 14.0. The van der Waals surface area contributed by atoms with E-state index in [-0.39, 0.29) is 18.4 Å². The molecule has 0 nitrogen and oxygen atoms in total. The molecule has 0 aromatic heterocycles. The first kappa shape index (κ1) is 14.7. The fourth-order valence-corrected chi connectivity index (χ4v) is 1.95. The number of benzene rings is 2. The van der Waals surface area contributed by atoms with Crippen molar-refractivity contribution in [1.29, 1.82) is 0 Å². The number of halogens is 6. The third-order valence-electron chi connectivity index (χ3n) is 2.93. The van der Waals surface area contributed by atoms with Crippen LogP contribution in [0.2, 0.25) is 0 Å². The summed E-state index contributed by atoms with van der Waals surface area (Å²) in [6.07, 6.45) is 1.65. The van der Waals surface area contributed by atoms with Gasteiger partial charge in [-0.3, -0.25) is 0 Å². The summed E-state index contributed by atoms with van der Waals surface area (Å²) in [5, 5.41) is -2.46. The summed E-state index contributed by atoms with van der Waals surface area (Å²) in [6.45, 7) is 3.39. The van der Waals surface area contributed by atoms with Crippen molar-refractivity contribution in [3.63, 3.8) is 0 Å². The van der Waals surface area contributed by atoms with Crippen LogP contribution in [-0.2, 0) is 6.42 Å². The van der Waals surface area contributed by atoms with Crippen LogP contribution in [0.3, 0.4) is 0 Å². The Morgan fingerprint density at radius 1 is 0.800 bits per heavy atom. The quantitative estimate of drug-likeness (QED) is 0.438. The van der Waals surface area contributed by atoms with E-state index in [0.29, 0.717) is 6.07 Å². The third kappa shape index (κ3) is 2.13. The van der Waals surface area contributed by atoms with Crippen molar-refractivity contribution in [3.05, 3.63) is 59.9 Å². The predicted molar refractivity (Wildman–Crippen MR) is 61.7 cm³/mol. The standard InChI is InChI=1S/C14H8F6/c1-2-3-4-6-5-7(15)8-9(10(6)16)12(18)14(20)13(19)11(8)17/h2,5H,1,3-4H2. The van der Waals surface area contributed by atoms with E-state index >= 15 is 0 Å². The lowest BCUT2D eigenvalue weighted by Crippen LogP contribution is -2.04. The summed E-state index contributed by atoms with van der Waals surface area (Å²) in [5.74, 6) is -10.9. The summed E-state index contributed by atoms with van der Waals surface area (Å²) >= 11 is 0. The van der Waals surface area contributed by atoms with Crippen molar-refractivity contribution >= 4 is 10.8 Å². The van der Waals surface area contributed by atoms with Gasteiger partial charge in [-0.05, 0) is 37.8 Å². The van der Waals surface area contributed by atoms with E-state index in [2.05, 4.69) is 6.92 Å². The summed E-state index contributed by atoms with van der Waals surface area (Å²) in [7, 11) is 0. The van der Waals surface area contributed by atoms with Crippen LogP contribution in [0.5, 0.6) is 0 Å². The van der Waals surface area contributed by atoms with Gasteiger partial charge >= 0.3 is 0 Å². The molecule has 0 saturated carbocycles. The smallest absolute Gasteiger partial charge is 0.198 e. The first-order chi connectivity index (χ1) is 9.40. The van der Waals surface area contributed by atoms with E-state index in [4.69, 9.17) is 0 Å². The van der Waals surface area contributed by atoms with Crippen LogP contribution in [0, 0.1) is 48.2 Å². The van der Waals surface area contributed by atoms with E-state index in [0.717, 1.165) is 0 Å². The second-order valence-corrected chi connectivity index (χ2v) is 4.16. The van der Waals surface area contributed by atoms with Gasteiger partial charge in [-0.2, -0.15) is 0 Å². The Hall–Kier alpha value is -1.72. The molecule has 6 heteroatoms. The molecule has 0 amide bonds. The first-order valence-corrected chi connectivity index (χ1v) is 5.63. The minimum atomic E-state index is -2.17. The van der Waals surface area contributed by atoms with Crippen molar-refractivity contribution < 1.29 is 26.3 Å². The second kappa shape index (κ2) is 5.34. The fraction of sp³-hybridized carbons (Fsp3) is 0.143. The highest BCUT2D eigenvalue weighted by atomic mass is 19.2. The highest BCUT2D eigenvalue weighted by Gasteiger charge is 2.26. The van der Waals surface area contributed by atoms with Crippen molar-refractivity contribution in [1.82, 2.24) is 0 Å². The van der Waals surface area contributed by atoms with E-state index < -0.39 is 45.7 Å². The summed E-state index contributed by atoms with van der Waals surface area (Å²) in [6, 6.07) is 0.640. The number of unbranched alkanes of at least 4 members (excludes halogenated alkanes) is 1. The molecule has 106 valence electrons. The minimum Gasteiger partial charge on any atom is -0.206 e. The van der Waals surface area contributed by atoms with Crippen molar-refractivity contribution in [2.45, 2.75) is 12.8 Å². The SMILES string of the molecule is [CH2][CH]CCc1cc(F)c2c(F)c(F)c(F)c(F)c2c1F. The molecule has 0 saturated heterocycles. The zero-order valence-corrected chi connectivity index (χ0v) is 10.0. The minimum absolute atomic E-state index is 0.0255. The van der Waals surface area contributed by atoms with E-state index in [1.165, 1.54) is 6.42 Å². The van der Waals surface area contributed by atoms with Gasteiger partial charge in [-0.15, -0.1) is 0 Å². The molecule has 2 radical (unpaired) electrons. The van der Waals surface area contributed by atoms with Gasteiger partial charge in [0.15, 0.2) is 23.3 Å². The summed E-state index contributed by atoms with van der Waals surface area (Å²) in [4.78, 5) is 0. The van der Waals surface area contributed by atoms with Crippen LogP contribution >= 0.6 is 0 Å². The molecule has 2 aromatic rings. The van der Waals surface area contributed by atoms with Gasteiger partial charge in [-0.1, -0.05) is 0 Å². The van der Waals surface area contributed by atoms with Gasteiger partial charge in [0.1, 0.15) is 11.6 Å². The molecule has 2 aromatic carbocycles. The van der Waals surface area contributed by atoms with Crippen LogP contribution in [0.25, 0.3) is 10.8 Å². The molecular formula is C14H8F6. The first-order valence-electron chi connectivity index (χ1n) is 5.63. The Labute approximate surface area is 111 Å². The molecule has 0 aliphatic carbocycles. The topological polar surface area (TPSA) is 0 Å². The number of hydrogen-bond acceptors (Lipinski definition) is 0. The van der Waals surface area contributed by atoms with Gasteiger partial charge < -0.3 is 0 Å². The zero-order chi connectivity index (χ0) is 15.0. The predicted octanol–water partition coefficient (Wildman–Crippen LogP) is 4.65. The Morgan fingerprint density at radius 2 is 1.35 bits per heavy atom. The Bertz CT molecular complexity index is 678. The summed E-state index contributed by atoms with van der Waals surface area (Å²) < 4.78 is 80.9. The fourth-order valence-electron chi connectivity index (χ4n) is 1.95. The number of hydrogen-bond donors (Lipinski definition) is 0. The van der Waals surface area contributed by atoms with Crippen LogP contribution in [0.15, 0.2) is 6.07 Å². The van der Waals surface area contributed by atoms with Gasteiger partial charge in [0, 0.05) is 0 Å². The lowest BCUT2D eigenvalue weighted by Gasteiger charge is -2.10. The maximum absolute atomic E-state index is 14.0. The van der Waals surface area contributed by atoms with Gasteiger partial charge in [0.25, 0.3) is 0 Å². The molecule has 0 atom stereocenters. The molecule has 0 fully saturated rings. The van der Waals surface area contributed by atoms with Gasteiger partial charge in [0.05, 0.1) is 10.8 Å². The Kier molecular flexibility index (Phi) is 3.92. The highest BCUT2D eigenvalue weighted by molar-refractivity contribution is 5.86. The van der Waals surface area contributed by atoms with E-state index in [1.807, 2.05) is 0 Å². The average Bonchev–Trinajstić information content (AvgIpc) is 2.42. The number of rotatable bonds is 3. The largest absolute Gasteiger partial charge is 0.206 e. The Morgan fingerprint density at radius 3 is 1.90 bits per heavy atom.